The predicted molar refractivity (Wildman–Crippen MR) is 87.0 cm³/mol. The summed E-state index contributed by atoms with van der Waals surface area (Å²) in [5.74, 6) is 0.789. The summed E-state index contributed by atoms with van der Waals surface area (Å²) in [6, 6.07) is 11.2. The molecule has 1 aromatic rings. The minimum Gasteiger partial charge on any atom is -0.336 e. The van der Waals surface area contributed by atoms with Gasteiger partial charge in [-0.1, -0.05) is 0 Å². The summed E-state index contributed by atoms with van der Waals surface area (Å²) in [6.45, 7) is 0. The molecule has 0 bridgehead atoms. The van der Waals surface area contributed by atoms with E-state index in [-0.39, 0.29) is 11.1 Å². The average molecular weight is 314 g/mol. The van der Waals surface area contributed by atoms with Gasteiger partial charge in [0.2, 0.25) is 0 Å². The van der Waals surface area contributed by atoms with Crippen LogP contribution in [0.3, 0.4) is 0 Å². The number of hydrogen-bond donors (Lipinski definition) is 2. The van der Waals surface area contributed by atoms with Gasteiger partial charge in [0.15, 0.2) is 11.1 Å². The van der Waals surface area contributed by atoms with E-state index >= 15 is 0 Å². The van der Waals surface area contributed by atoms with Crippen molar-refractivity contribution >= 4 is 22.7 Å². The lowest BCUT2D eigenvalue weighted by molar-refractivity contribution is 1.13. The van der Waals surface area contributed by atoms with Gasteiger partial charge >= 0.3 is 0 Å². The van der Waals surface area contributed by atoms with E-state index in [9.17, 15) is 0 Å². The lowest BCUT2D eigenvalue weighted by atomic mass is 10.2. The Morgan fingerprint density at radius 1 is 0.750 bits per heavy atom. The summed E-state index contributed by atoms with van der Waals surface area (Å²) in [6.07, 6.45) is 0. The van der Waals surface area contributed by atoms with Gasteiger partial charge in [-0.25, -0.2) is 0 Å². The molecular formula is C16H10N8. The Bertz CT molecular complexity index is 874. The first-order valence-electron chi connectivity index (χ1n) is 6.84. The van der Waals surface area contributed by atoms with E-state index < -0.39 is 0 Å². The molecule has 0 saturated carbocycles. The summed E-state index contributed by atoms with van der Waals surface area (Å²) in [4.78, 5) is 3.44. The first-order chi connectivity index (χ1) is 11.6. The molecule has 0 saturated heterocycles. The van der Waals surface area contributed by atoms with Crippen LogP contribution in [0.25, 0.3) is 0 Å². The molecule has 0 fully saturated rings. The van der Waals surface area contributed by atoms with Crippen LogP contribution in [0.5, 0.6) is 0 Å². The van der Waals surface area contributed by atoms with E-state index in [1.165, 1.54) is 0 Å². The maximum Gasteiger partial charge on any atom is 0.170 e. The van der Waals surface area contributed by atoms with Gasteiger partial charge in [0.05, 0.1) is 22.7 Å². The Hall–Kier alpha value is -4.14. The minimum absolute atomic E-state index is 0.0284. The van der Waals surface area contributed by atoms with Crippen LogP contribution in [0.4, 0.5) is 22.7 Å². The van der Waals surface area contributed by atoms with Gasteiger partial charge in [-0.3, -0.25) is 0 Å². The monoisotopic (exact) mass is 314 g/mol. The van der Waals surface area contributed by atoms with Crippen LogP contribution in [0, 0.1) is 45.3 Å². The molecule has 0 aromatic heterocycles. The SMILES string of the molecule is CN1C(=C(C#N)C#N)Nc2c1ccc1c2NC(=C(C#N)C#N)N1C. The molecule has 0 spiro atoms. The van der Waals surface area contributed by atoms with E-state index in [0.717, 1.165) is 11.4 Å². The van der Waals surface area contributed by atoms with Crippen molar-refractivity contribution in [3.8, 4) is 24.3 Å². The number of nitrogens with zero attached hydrogens (tertiary/aromatic N) is 6. The van der Waals surface area contributed by atoms with Crippen LogP contribution in [0.2, 0.25) is 0 Å². The van der Waals surface area contributed by atoms with Crippen molar-refractivity contribution in [3.63, 3.8) is 0 Å². The molecular weight excluding hydrogens is 304 g/mol. The Morgan fingerprint density at radius 3 is 1.38 bits per heavy atom. The molecule has 2 N–H and O–H groups in total. The van der Waals surface area contributed by atoms with Gasteiger partial charge < -0.3 is 20.4 Å². The smallest absolute Gasteiger partial charge is 0.170 e. The van der Waals surface area contributed by atoms with Crippen molar-refractivity contribution in [1.29, 1.82) is 21.0 Å². The third kappa shape index (κ3) is 1.82. The number of benzene rings is 1. The third-order valence-corrected chi connectivity index (χ3v) is 3.96. The molecule has 114 valence electrons. The molecule has 1 aromatic carbocycles. The van der Waals surface area contributed by atoms with Crippen LogP contribution in [0.15, 0.2) is 34.9 Å². The van der Waals surface area contributed by atoms with Crippen molar-refractivity contribution in [3.05, 3.63) is 34.9 Å². The van der Waals surface area contributed by atoms with Crippen molar-refractivity contribution in [2.24, 2.45) is 0 Å². The van der Waals surface area contributed by atoms with E-state index in [2.05, 4.69) is 10.6 Å². The third-order valence-electron chi connectivity index (χ3n) is 3.96. The van der Waals surface area contributed by atoms with Crippen LogP contribution in [0.1, 0.15) is 0 Å². The maximum absolute atomic E-state index is 9.10. The average Bonchev–Trinajstić information content (AvgIpc) is 3.10. The standard InChI is InChI=1S/C16H10N8/c1-23-11-3-4-12-14(13(11)21-15(23)9(5-17)6-18)22-16(24(12)2)10(7-19)8-20/h3-4,21-22H,1-2H3. The van der Waals surface area contributed by atoms with E-state index in [1.54, 1.807) is 23.9 Å². The van der Waals surface area contributed by atoms with Gasteiger partial charge in [-0.05, 0) is 12.1 Å². The summed E-state index contributed by atoms with van der Waals surface area (Å²) < 4.78 is 0. The second-order valence-corrected chi connectivity index (χ2v) is 5.12. The lowest BCUT2D eigenvalue weighted by Crippen LogP contribution is -2.17. The molecule has 3 rings (SSSR count). The number of nitriles is 4. The Labute approximate surface area is 138 Å². The topological polar surface area (TPSA) is 126 Å². The zero-order valence-electron chi connectivity index (χ0n) is 12.8. The second-order valence-electron chi connectivity index (χ2n) is 5.12. The largest absolute Gasteiger partial charge is 0.336 e. The Balaban J connectivity index is 2.17. The molecule has 0 unspecified atom stereocenters. The fourth-order valence-corrected chi connectivity index (χ4v) is 2.76. The second kappa shape index (κ2) is 5.25. The van der Waals surface area contributed by atoms with Crippen molar-refractivity contribution in [2.75, 3.05) is 34.5 Å². The number of hydrogen-bond acceptors (Lipinski definition) is 8. The zero-order valence-corrected chi connectivity index (χ0v) is 12.8. The van der Waals surface area contributed by atoms with E-state index in [4.69, 9.17) is 21.0 Å². The molecule has 24 heavy (non-hydrogen) atoms. The van der Waals surface area contributed by atoms with Crippen molar-refractivity contribution < 1.29 is 0 Å². The molecule has 2 aliphatic heterocycles. The Kier molecular flexibility index (Phi) is 3.23. The van der Waals surface area contributed by atoms with E-state index in [1.807, 2.05) is 36.4 Å². The zero-order chi connectivity index (χ0) is 17.4. The number of nitrogens with one attached hydrogen (secondary N) is 2. The van der Waals surface area contributed by atoms with Gasteiger partial charge in [0, 0.05) is 14.1 Å². The van der Waals surface area contributed by atoms with Crippen LogP contribution in [-0.4, -0.2) is 14.1 Å². The number of rotatable bonds is 0. The summed E-state index contributed by atoms with van der Waals surface area (Å²) >= 11 is 0. The highest BCUT2D eigenvalue weighted by molar-refractivity contribution is 6.01. The number of anilines is 4. The van der Waals surface area contributed by atoms with Crippen LogP contribution in [-0.2, 0) is 0 Å². The normalized spacial score (nSPS) is 13.6. The van der Waals surface area contributed by atoms with Crippen LogP contribution < -0.4 is 20.4 Å². The highest BCUT2D eigenvalue weighted by atomic mass is 15.3. The fraction of sp³-hybridized carbons (Fsp3) is 0.125. The molecule has 2 aliphatic rings. The quantitative estimate of drug-likeness (QED) is 0.696. The maximum atomic E-state index is 9.10. The molecule has 0 aliphatic carbocycles. The Morgan fingerprint density at radius 2 is 1.08 bits per heavy atom. The lowest BCUT2D eigenvalue weighted by Gasteiger charge is -2.14. The van der Waals surface area contributed by atoms with Crippen molar-refractivity contribution in [1.82, 2.24) is 0 Å². The van der Waals surface area contributed by atoms with Gasteiger partial charge in [0.25, 0.3) is 0 Å². The summed E-state index contributed by atoms with van der Waals surface area (Å²) in [5.41, 5.74) is 2.88. The summed E-state index contributed by atoms with van der Waals surface area (Å²) in [7, 11) is 3.50. The molecule has 0 atom stereocenters. The molecule has 8 nitrogen and oxygen atoms in total. The van der Waals surface area contributed by atoms with Crippen molar-refractivity contribution in [2.45, 2.75) is 0 Å². The molecule has 0 radical (unpaired) electrons. The minimum atomic E-state index is -0.0284. The first kappa shape index (κ1) is 14.8. The first-order valence-corrected chi connectivity index (χ1v) is 6.84. The predicted octanol–water partition coefficient (Wildman–Crippen LogP) is 1.93. The fourth-order valence-electron chi connectivity index (χ4n) is 2.76. The summed E-state index contributed by atoms with van der Waals surface area (Å²) in [5, 5.41) is 42.6. The molecule has 2 heterocycles. The molecule has 8 heteroatoms. The van der Waals surface area contributed by atoms with Gasteiger partial charge in [0.1, 0.15) is 35.9 Å². The van der Waals surface area contributed by atoms with Gasteiger partial charge in [-0.2, -0.15) is 21.0 Å². The highest BCUT2D eigenvalue weighted by Gasteiger charge is 2.33. The highest BCUT2D eigenvalue weighted by Crippen LogP contribution is 2.50. The van der Waals surface area contributed by atoms with E-state index in [0.29, 0.717) is 23.0 Å². The van der Waals surface area contributed by atoms with Crippen LogP contribution >= 0.6 is 0 Å². The number of fused-ring (bicyclic) bond motifs is 3. The number of allylic oxidation sites excluding steroid dienone is 2. The molecule has 0 amide bonds. The van der Waals surface area contributed by atoms with Gasteiger partial charge in [-0.15, -0.1) is 0 Å².